The molecular weight excluding hydrogens is 219 g/mol. The molecular formula is C13H19FN2O. The van der Waals surface area contributed by atoms with E-state index in [4.69, 9.17) is 5.73 Å². The lowest BCUT2D eigenvalue weighted by molar-refractivity contribution is -0.122. The third-order valence-corrected chi connectivity index (χ3v) is 2.59. The fourth-order valence-corrected chi connectivity index (χ4v) is 1.59. The van der Waals surface area contributed by atoms with Crippen molar-refractivity contribution < 1.29 is 9.18 Å². The van der Waals surface area contributed by atoms with E-state index in [2.05, 4.69) is 5.32 Å². The van der Waals surface area contributed by atoms with Crippen LogP contribution >= 0.6 is 0 Å². The van der Waals surface area contributed by atoms with E-state index in [0.29, 0.717) is 24.9 Å². The number of halogens is 1. The molecule has 1 aromatic rings. The Balaban J connectivity index is 2.33. The van der Waals surface area contributed by atoms with Gasteiger partial charge in [0.05, 0.1) is 6.04 Å². The molecule has 0 aliphatic heterocycles. The summed E-state index contributed by atoms with van der Waals surface area (Å²) in [5, 5.41) is 2.71. The number of nitrogens with two attached hydrogens (primary N) is 1. The summed E-state index contributed by atoms with van der Waals surface area (Å²) < 4.78 is 13.3. The Bertz CT molecular complexity index is 368. The van der Waals surface area contributed by atoms with Gasteiger partial charge < -0.3 is 11.1 Å². The Morgan fingerprint density at radius 1 is 1.47 bits per heavy atom. The van der Waals surface area contributed by atoms with Crippen molar-refractivity contribution in [3.8, 4) is 0 Å². The number of carbonyl (C=O) groups is 1. The van der Waals surface area contributed by atoms with Crippen LogP contribution in [0, 0.1) is 5.82 Å². The molecule has 3 nitrogen and oxygen atoms in total. The first-order valence-electron chi connectivity index (χ1n) is 5.91. The van der Waals surface area contributed by atoms with Crippen LogP contribution in [0.2, 0.25) is 0 Å². The van der Waals surface area contributed by atoms with Crippen LogP contribution in [-0.4, -0.2) is 18.5 Å². The van der Waals surface area contributed by atoms with Gasteiger partial charge in [0.25, 0.3) is 0 Å². The summed E-state index contributed by atoms with van der Waals surface area (Å²) in [5.41, 5.74) is 6.26. The highest BCUT2D eigenvalue weighted by atomic mass is 19.1. The van der Waals surface area contributed by atoms with Crippen molar-refractivity contribution in [1.29, 1.82) is 0 Å². The number of hydrogen-bond acceptors (Lipinski definition) is 2. The fraction of sp³-hybridized carbons (Fsp3) is 0.462. The van der Waals surface area contributed by atoms with Crippen molar-refractivity contribution in [1.82, 2.24) is 5.32 Å². The highest BCUT2D eigenvalue weighted by molar-refractivity contribution is 5.81. The first-order valence-corrected chi connectivity index (χ1v) is 5.91. The van der Waals surface area contributed by atoms with Gasteiger partial charge in [-0.15, -0.1) is 0 Å². The van der Waals surface area contributed by atoms with Crippen molar-refractivity contribution in [3.63, 3.8) is 0 Å². The lowest BCUT2D eigenvalue weighted by atomic mass is 10.1. The summed E-state index contributed by atoms with van der Waals surface area (Å²) in [6, 6.07) is 6.10. The highest BCUT2D eigenvalue weighted by Gasteiger charge is 2.11. The minimum atomic E-state index is -0.458. The maximum absolute atomic E-state index is 13.3. The van der Waals surface area contributed by atoms with Crippen LogP contribution in [0.1, 0.15) is 25.3 Å². The summed E-state index contributed by atoms with van der Waals surface area (Å²) in [7, 11) is 0. The maximum Gasteiger partial charge on any atom is 0.236 e. The molecule has 0 fully saturated rings. The van der Waals surface area contributed by atoms with E-state index < -0.39 is 6.04 Å². The summed E-state index contributed by atoms with van der Waals surface area (Å²) in [4.78, 5) is 11.5. The third kappa shape index (κ3) is 4.53. The van der Waals surface area contributed by atoms with Crippen molar-refractivity contribution in [3.05, 3.63) is 35.6 Å². The van der Waals surface area contributed by atoms with E-state index in [9.17, 15) is 9.18 Å². The SMILES string of the molecule is CCC[C@H](N)C(=O)NCCc1ccccc1F. The Morgan fingerprint density at radius 3 is 2.82 bits per heavy atom. The van der Waals surface area contributed by atoms with Crippen LogP contribution in [-0.2, 0) is 11.2 Å². The van der Waals surface area contributed by atoms with Crippen LogP contribution in [0.25, 0.3) is 0 Å². The average Bonchev–Trinajstić information content (AvgIpc) is 2.31. The molecule has 0 radical (unpaired) electrons. The number of rotatable bonds is 6. The van der Waals surface area contributed by atoms with Crippen LogP contribution in [0.5, 0.6) is 0 Å². The fourth-order valence-electron chi connectivity index (χ4n) is 1.59. The molecule has 0 aliphatic rings. The molecule has 1 aromatic carbocycles. The summed E-state index contributed by atoms with van der Waals surface area (Å²) in [6.45, 7) is 2.39. The zero-order chi connectivity index (χ0) is 12.7. The van der Waals surface area contributed by atoms with Crippen LogP contribution in [0.3, 0.4) is 0 Å². The molecule has 0 bridgehead atoms. The Kier molecular flexibility index (Phi) is 5.63. The smallest absolute Gasteiger partial charge is 0.236 e. The monoisotopic (exact) mass is 238 g/mol. The largest absolute Gasteiger partial charge is 0.354 e. The van der Waals surface area contributed by atoms with E-state index >= 15 is 0 Å². The third-order valence-electron chi connectivity index (χ3n) is 2.59. The average molecular weight is 238 g/mol. The number of amides is 1. The van der Waals surface area contributed by atoms with E-state index in [1.54, 1.807) is 18.2 Å². The molecule has 94 valence electrons. The minimum Gasteiger partial charge on any atom is -0.354 e. The van der Waals surface area contributed by atoms with Gasteiger partial charge in [-0.1, -0.05) is 31.5 Å². The molecule has 17 heavy (non-hydrogen) atoms. The second kappa shape index (κ2) is 7.01. The standard InChI is InChI=1S/C13H19FN2O/c1-2-5-12(15)13(17)16-9-8-10-6-3-4-7-11(10)14/h3-4,6-7,12H,2,5,8-9,15H2,1H3,(H,16,17)/t12-/m0/s1. The number of nitrogens with one attached hydrogen (secondary N) is 1. The molecule has 0 aliphatic carbocycles. The first-order chi connectivity index (χ1) is 8.15. The van der Waals surface area contributed by atoms with Crippen LogP contribution in [0.4, 0.5) is 4.39 Å². The number of hydrogen-bond donors (Lipinski definition) is 2. The summed E-state index contributed by atoms with van der Waals surface area (Å²) in [5.74, 6) is -0.400. The molecule has 1 rings (SSSR count). The zero-order valence-corrected chi connectivity index (χ0v) is 10.1. The van der Waals surface area contributed by atoms with Gasteiger partial charge in [0, 0.05) is 6.54 Å². The van der Waals surface area contributed by atoms with E-state index in [0.717, 1.165) is 6.42 Å². The molecule has 0 spiro atoms. The van der Waals surface area contributed by atoms with Crippen molar-refractivity contribution in [2.24, 2.45) is 5.73 Å². The lowest BCUT2D eigenvalue weighted by Gasteiger charge is -2.11. The van der Waals surface area contributed by atoms with Crippen molar-refractivity contribution in [2.45, 2.75) is 32.2 Å². The van der Waals surface area contributed by atoms with Crippen LogP contribution < -0.4 is 11.1 Å². The molecule has 4 heteroatoms. The second-order valence-electron chi connectivity index (χ2n) is 4.03. The maximum atomic E-state index is 13.3. The van der Waals surface area contributed by atoms with E-state index in [1.807, 2.05) is 6.92 Å². The molecule has 1 atom stereocenters. The normalized spacial score (nSPS) is 12.2. The molecule has 1 amide bonds. The van der Waals surface area contributed by atoms with Gasteiger partial charge in [-0.2, -0.15) is 0 Å². The van der Waals surface area contributed by atoms with Gasteiger partial charge in [-0.25, -0.2) is 4.39 Å². The molecule has 0 aromatic heterocycles. The van der Waals surface area contributed by atoms with Crippen molar-refractivity contribution >= 4 is 5.91 Å². The zero-order valence-electron chi connectivity index (χ0n) is 10.1. The molecule has 0 saturated carbocycles. The van der Waals surface area contributed by atoms with Gasteiger partial charge in [0.15, 0.2) is 0 Å². The lowest BCUT2D eigenvalue weighted by Crippen LogP contribution is -2.41. The predicted octanol–water partition coefficient (Wildman–Crippen LogP) is 1.61. The van der Waals surface area contributed by atoms with Gasteiger partial charge in [0.1, 0.15) is 5.82 Å². The quantitative estimate of drug-likeness (QED) is 0.791. The predicted molar refractivity (Wildman–Crippen MR) is 66.0 cm³/mol. The molecule has 0 saturated heterocycles. The van der Waals surface area contributed by atoms with E-state index in [-0.39, 0.29) is 11.7 Å². The van der Waals surface area contributed by atoms with Crippen LogP contribution in [0.15, 0.2) is 24.3 Å². The summed E-state index contributed by atoms with van der Waals surface area (Å²) in [6.07, 6.45) is 2.03. The van der Waals surface area contributed by atoms with E-state index in [1.165, 1.54) is 6.07 Å². The Labute approximate surface area is 101 Å². The highest BCUT2D eigenvalue weighted by Crippen LogP contribution is 2.06. The Morgan fingerprint density at radius 2 is 2.18 bits per heavy atom. The molecule has 0 heterocycles. The van der Waals surface area contributed by atoms with Gasteiger partial charge in [-0.3, -0.25) is 4.79 Å². The topological polar surface area (TPSA) is 55.1 Å². The van der Waals surface area contributed by atoms with Crippen molar-refractivity contribution in [2.75, 3.05) is 6.54 Å². The number of carbonyl (C=O) groups excluding carboxylic acids is 1. The Hall–Kier alpha value is -1.42. The summed E-state index contributed by atoms with van der Waals surface area (Å²) >= 11 is 0. The molecule has 0 unspecified atom stereocenters. The van der Waals surface area contributed by atoms with Gasteiger partial charge in [-0.05, 0) is 24.5 Å². The molecule has 3 N–H and O–H groups in total. The minimum absolute atomic E-state index is 0.164. The second-order valence-corrected chi connectivity index (χ2v) is 4.03. The number of benzene rings is 1. The van der Waals surface area contributed by atoms with Gasteiger partial charge >= 0.3 is 0 Å². The van der Waals surface area contributed by atoms with Gasteiger partial charge in [0.2, 0.25) is 5.91 Å². The first kappa shape index (κ1) is 13.6.